The number of aromatic hydroxyl groups is 1. The first-order valence-corrected chi connectivity index (χ1v) is 7.36. The van der Waals surface area contributed by atoms with Crippen molar-refractivity contribution in [3.8, 4) is 5.75 Å². The minimum atomic E-state index is -4.61. The minimum Gasteiger partial charge on any atom is -0.506 e. The van der Waals surface area contributed by atoms with Crippen molar-refractivity contribution in [2.45, 2.75) is 26.9 Å². The number of sulfonamides is 1. The van der Waals surface area contributed by atoms with Gasteiger partial charge in [-0.15, -0.1) is 0 Å². The van der Waals surface area contributed by atoms with E-state index < -0.39 is 38.6 Å². The van der Waals surface area contributed by atoms with Crippen LogP contribution in [0, 0.1) is 5.41 Å². The molecule has 1 aromatic carbocycles. The highest BCUT2D eigenvalue weighted by Gasteiger charge is 2.31. The summed E-state index contributed by atoms with van der Waals surface area (Å²) >= 11 is 0. The number of benzene rings is 1. The van der Waals surface area contributed by atoms with Crippen LogP contribution in [0.25, 0.3) is 0 Å². The molecule has 0 aliphatic heterocycles. The summed E-state index contributed by atoms with van der Waals surface area (Å²) in [7, 11) is -3.85. The number of nitrogens with one attached hydrogen (secondary N) is 1. The molecule has 0 atom stereocenters. The van der Waals surface area contributed by atoms with Gasteiger partial charge in [-0.05, 0) is 23.6 Å². The Morgan fingerprint density at radius 1 is 1.20 bits per heavy atom. The average molecular weight is 311 g/mol. The van der Waals surface area contributed by atoms with E-state index in [-0.39, 0.29) is 5.75 Å². The molecule has 0 heterocycles. The lowest BCUT2D eigenvalue weighted by atomic mass is 10.0. The van der Waals surface area contributed by atoms with Crippen LogP contribution >= 0.6 is 0 Å². The van der Waals surface area contributed by atoms with Crippen LogP contribution in [0.1, 0.15) is 26.3 Å². The highest BCUT2D eigenvalue weighted by Crippen LogP contribution is 2.35. The van der Waals surface area contributed by atoms with Gasteiger partial charge < -0.3 is 5.11 Å². The lowest BCUT2D eigenvalue weighted by molar-refractivity contribution is -0.137. The number of anilines is 1. The Kier molecular flexibility index (Phi) is 4.28. The van der Waals surface area contributed by atoms with E-state index in [1.165, 1.54) is 0 Å². The van der Waals surface area contributed by atoms with Crippen molar-refractivity contribution < 1.29 is 26.7 Å². The normalized spacial score (nSPS) is 13.3. The number of hydrogen-bond acceptors (Lipinski definition) is 3. The summed E-state index contributed by atoms with van der Waals surface area (Å²) in [6.45, 7) is 5.04. The molecule has 2 N–H and O–H groups in total. The molecule has 20 heavy (non-hydrogen) atoms. The minimum absolute atomic E-state index is 0.282. The van der Waals surface area contributed by atoms with E-state index in [0.717, 1.165) is 6.07 Å². The van der Waals surface area contributed by atoms with E-state index in [0.29, 0.717) is 12.1 Å². The molecule has 0 saturated heterocycles. The van der Waals surface area contributed by atoms with Gasteiger partial charge in [0.2, 0.25) is 10.0 Å². The fourth-order valence-electron chi connectivity index (χ4n) is 1.57. The third kappa shape index (κ3) is 4.92. The molecular formula is C12H16F3NO3S. The maximum absolute atomic E-state index is 12.5. The lowest BCUT2D eigenvalue weighted by Gasteiger charge is -2.19. The summed E-state index contributed by atoms with van der Waals surface area (Å²) in [5, 5.41) is 9.47. The Morgan fingerprint density at radius 3 is 2.20 bits per heavy atom. The SMILES string of the molecule is CC(C)(C)CS(=O)(=O)Nc1cc(C(F)(F)F)ccc1O. The predicted molar refractivity (Wildman–Crippen MR) is 70.0 cm³/mol. The molecule has 0 aromatic heterocycles. The van der Waals surface area contributed by atoms with E-state index in [2.05, 4.69) is 0 Å². The molecule has 0 aliphatic carbocycles. The van der Waals surface area contributed by atoms with Crippen LogP contribution < -0.4 is 4.72 Å². The molecule has 114 valence electrons. The van der Waals surface area contributed by atoms with Crippen molar-refractivity contribution in [2.75, 3.05) is 10.5 Å². The fourth-order valence-corrected chi connectivity index (χ4v) is 3.28. The van der Waals surface area contributed by atoms with Gasteiger partial charge in [-0.3, -0.25) is 4.72 Å². The molecule has 1 rings (SSSR count). The zero-order chi connectivity index (χ0) is 15.8. The van der Waals surface area contributed by atoms with Gasteiger partial charge in [0.15, 0.2) is 0 Å². The maximum atomic E-state index is 12.5. The van der Waals surface area contributed by atoms with Gasteiger partial charge >= 0.3 is 6.18 Å². The van der Waals surface area contributed by atoms with Gasteiger partial charge in [-0.25, -0.2) is 8.42 Å². The second-order valence-corrected chi connectivity index (χ2v) is 7.37. The van der Waals surface area contributed by atoms with Crippen LogP contribution in [0.2, 0.25) is 0 Å². The van der Waals surface area contributed by atoms with Crippen LogP contribution in [0.3, 0.4) is 0 Å². The van der Waals surface area contributed by atoms with Crippen LogP contribution in [0.15, 0.2) is 18.2 Å². The first kappa shape index (κ1) is 16.6. The molecule has 0 bridgehead atoms. The first-order valence-electron chi connectivity index (χ1n) is 5.71. The third-order valence-electron chi connectivity index (χ3n) is 2.21. The van der Waals surface area contributed by atoms with E-state index in [4.69, 9.17) is 0 Å². The Bertz CT molecular complexity index is 589. The second kappa shape index (κ2) is 5.16. The Labute approximate surface area is 115 Å². The summed E-state index contributed by atoms with van der Waals surface area (Å²) < 4.78 is 63.3. The number of phenols is 1. The van der Waals surface area contributed by atoms with Crippen molar-refractivity contribution in [1.82, 2.24) is 0 Å². The molecule has 0 unspecified atom stereocenters. The van der Waals surface area contributed by atoms with Gasteiger partial charge in [0.25, 0.3) is 0 Å². The van der Waals surface area contributed by atoms with Crippen molar-refractivity contribution in [1.29, 1.82) is 0 Å². The van der Waals surface area contributed by atoms with E-state index in [9.17, 15) is 26.7 Å². The Hall–Kier alpha value is -1.44. The van der Waals surface area contributed by atoms with E-state index in [1.54, 1.807) is 20.8 Å². The maximum Gasteiger partial charge on any atom is 0.416 e. The number of rotatable bonds is 3. The molecule has 0 spiro atoms. The highest BCUT2D eigenvalue weighted by molar-refractivity contribution is 7.92. The zero-order valence-electron chi connectivity index (χ0n) is 11.2. The first-order chi connectivity index (χ1) is 8.80. The van der Waals surface area contributed by atoms with Crippen molar-refractivity contribution in [3.63, 3.8) is 0 Å². The van der Waals surface area contributed by atoms with Crippen LogP contribution in [0.5, 0.6) is 5.75 Å². The molecule has 0 amide bonds. The van der Waals surface area contributed by atoms with Crippen LogP contribution in [-0.4, -0.2) is 19.3 Å². The monoisotopic (exact) mass is 311 g/mol. The Morgan fingerprint density at radius 2 is 1.75 bits per heavy atom. The standard InChI is InChI=1S/C12H16F3NO3S/c1-11(2,3)7-20(18,19)16-9-6-8(12(13,14)15)4-5-10(9)17/h4-6,16-17H,7H2,1-3H3. The second-order valence-electron chi connectivity index (χ2n) is 5.65. The molecule has 1 aromatic rings. The summed E-state index contributed by atoms with van der Waals surface area (Å²) in [5.74, 6) is -0.842. The largest absolute Gasteiger partial charge is 0.506 e. The molecular weight excluding hydrogens is 295 g/mol. The average Bonchev–Trinajstić information content (AvgIpc) is 2.15. The van der Waals surface area contributed by atoms with Gasteiger partial charge in [0, 0.05) is 0 Å². The lowest BCUT2D eigenvalue weighted by Crippen LogP contribution is -2.26. The predicted octanol–water partition coefficient (Wildman–Crippen LogP) is 3.20. The van der Waals surface area contributed by atoms with Gasteiger partial charge in [0.1, 0.15) is 5.75 Å². The van der Waals surface area contributed by atoms with E-state index in [1.807, 2.05) is 4.72 Å². The zero-order valence-corrected chi connectivity index (χ0v) is 12.1. The van der Waals surface area contributed by atoms with Crippen LogP contribution in [0.4, 0.5) is 18.9 Å². The van der Waals surface area contributed by atoms with Gasteiger partial charge in [-0.1, -0.05) is 20.8 Å². The summed E-state index contributed by atoms with van der Waals surface area (Å²) in [4.78, 5) is 0. The summed E-state index contributed by atoms with van der Waals surface area (Å²) in [6, 6.07) is 2.05. The highest BCUT2D eigenvalue weighted by atomic mass is 32.2. The number of alkyl halides is 3. The van der Waals surface area contributed by atoms with Crippen LogP contribution in [-0.2, 0) is 16.2 Å². The third-order valence-corrected chi connectivity index (χ3v) is 3.99. The van der Waals surface area contributed by atoms with E-state index >= 15 is 0 Å². The molecule has 0 fully saturated rings. The van der Waals surface area contributed by atoms with Gasteiger partial charge in [0.05, 0.1) is 17.0 Å². The smallest absolute Gasteiger partial charge is 0.416 e. The molecule has 8 heteroatoms. The molecule has 4 nitrogen and oxygen atoms in total. The number of halogens is 3. The van der Waals surface area contributed by atoms with Gasteiger partial charge in [-0.2, -0.15) is 13.2 Å². The molecule has 0 radical (unpaired) electrons. The summed E-state index contributed by atoms with van der Waals surface area (Å²) in [5.41, 5.74) is -2.09. The number of phenolic OH excluding ortho intramolecular Hbond substituents is 1. The molecule has 0 saturated carbocycles. The topological polar surface area (TPSA) is 66.4 Å². The van der Waals surface area contributed by atoms with Crippen molar-refractivity contribution in [3.05, 3.63) is 23.8 Å². The molecule has 0 aliphatic rings. The Balaban J connectivity index is 3.09. The van der Waals surface area contributed by atoms with Crippen molar-refractivity contribution in [2.24, 2.45) is 5.41 Å². The van der Waals surface area contributed by atoms with Crippen molar-refractivity contribution >= 4 is 15.7 Å². The number of hydrogen-bond donors (Lipinski definition) is 2. The fraction of sp³-hybridized carbons (Fsp3) is 0.500. The summed E-state index contributed by atoms with van der Waals surface area (Å²) in [6.07, 6.45) is -4.61. The quantitative estimate of drug-likeness (QED) is 0.842.